The van der Waals surface area contributed by atoms with Crippen molar-refractivity contribution in [2.24, 2.45) is 11.5 Å². The SMILES string of the molecule is C/C(=C\SC[C@H](N)C(=O)O)C(C)SC[C@H](N)C(=O)O. The maximum atomic E-state index is 10.6. The molecule has 3 atom stereocenters. The molecule has 0 saturated heterocycles. The predicted octanol–water partition coefficient (Wildman–Crippen LogP) is 0.569. The van der Waals surface area contributed by atoms with Crippen molar-refractivity contribution in [1.29, 1.82) is 0 Å². The van der Waals surface area contributed by atoms with Crippen LogP contribution in [-0.2, 0) is 9.59 Å². The highest BCUT2D eigenvalue weighted by Gasteiger charge is 2.15. The van der Waals surface area contributed by atoms with Crippen LogP contribution in [0.4, 0.5) is 0 Å². The molecule has 0 aromatic carbocycles. The van der Waals surface area contributed by atoms with Crippen molar-refractivity contribution in [3.8, 4) is 0 Å². The highest BCUT2D eigenvalue weighted by molar-refractivity contribution is 8.02. The molecule has 0 aromatic heterocycles. The Morgan fingerprint density at radius 1 is 1.16 bits per heavy atom. The number of aliphatic carboxylic acids is 2. The molecule has 0 amide bonds. The lowest BCUT2D eigenvalue weighted by Gasteiger charge is -2.14. The van der Waals surface area contributed by atoms with Crippen molar-refractivity contribution in [3.05, 3.63) is 11.0 Å². The first-order valence-corrected chi connectivity index (χ1v) is 7.72. The molecule has 0 spiro atoms. The molecule has 0 fully saturated rings. The second-order valence-electron chi connectivity index (χ2n) is 4.06. The molecule has 0 heterocycles. The van der Waals surface area contributed by atoms with Crippen LogP contribution in [0.5, 0.6) is 0 Å². The zero-order valence-corrected chi connectivity index (χ0v) is 12.5. The van der Waals surface area contributed by atoms with E-state index in [1.165, 1.54) is 23.5 Å². The highest BCUT2D eigenvalue weighted by atomic mass is 32.2. The quantitative estimate of drug-likeness (QED) is 0.487. The van der Waals surface area contributed by atoms with Crippen LogP contribution in [0.3, 0.4) is 0 Å². The Labute approximate surface area is 121 Å². The molecule has 0 rings (SSSR count). The number of carboxylic acids is 2. The molecule has 8 heteroatoms. The third-order valence-corrected chi connectivity index (χ3v) is 4.86. The Hall–Kier alpha value is -0.700. The highest BCUT2D eigenvalue weighted by Crippen LogP contribution is 2.21. The van der Waals surface area contributed by atoms with Gasteiger partial charge in [0.15, 0.2) is 0 Å². The Morgan fingerprint density at radius 3 is 2.11 bits per heavy atom. The lowest BCUT2D eigenvalue weighted by atomic mass is 10.3. The topological polar surface area (TPSA) is 127 Å². The van der Waals surface area contributed by atoms with E-state index in [0.717, 1.165) is 5.57 Å². The van der Waals surface area contributed by atoms with E-state index < -0.39 is 24.0 Å². The Bertz CT molecular complexity index is 350. The molecule has 1 unspecified atom stereocenters. The number of nitrogens with two attached hydrogens (primary N) is 2. The second-order valence-corrected chi connectivity index (χ2v) is 6.34. The maximum absolute atomic E-state index is 10.6. The summed E-state index contributed by atoms with van der Waals surface area (Å²) in [6.07, 6.45) is 0. The van der Waals surface area contributed by atoms with E-state index in [-0.39, 0.29) is 5.25 Å². The second kappa shape index (κ2) is 9.24. The minimum Gasteiger partial charge on any atom is -0.480 e. The van der Waals surface area contributed by atoms with Crippen molar-refractivity contribution < 1.29 is 19.8 Å². The monoisotopic (exact) mass is 308 g/mol. The molecule has 110 valence electrons. The van der Waals surface area contributed by atoms with Gasteiger partial charge in [0, 0.05) is 16.8 Å². The molecule has 0 bridgehead atoms. The minimum atomic E-state index is -1.02. The van der Waals surface area contributed by atoms with Crippen molar-refractivity contribution in [2.45, 2.75) is 31.2 Å². The van der Waals surface area contributed by atoms with Crippen LogP contribution < -0.4 is 11.5 Å². The molecular formula is C11H20N2O4S2. The van der Waals surface area contributed by atoms with E-state index in [9.17, 15) is 9.59 Å². The van der Waals surface area contributed by atoms with Gasteiger partial charge in [-0.1, -0.05) is 5.57 Å². The van der Waals surface area contributed by atoms with Gasteiger partial charge in [-0.05, 0) is 19.3 Å². The van der Waals surface area contributed by atoms with Crippen LogP contribution in [-0.4, -0.2) is 51.0 Å². The Morgan fingerprint density at radius 2 is 1.63 bits per heavy atom. The predicted molar refractivity (Wildman–Crippen MR) is 79.4 cm³/mol. The maximum Gasteiger partial charge on any atom is 0.321 e. The molecule has 19 heavy (non-hydrogen) atoms. The fraction of sp³-hybridized carbons (Fsp3) is 0.636. The summed E-state index contributed by atoms with van der Waals surface area (Å²) in [5, 5.41) is 19.3. The van der Waals surface area contributed by atoms with Crippen LogP contribution in [0.15, 0.2) is 11.0 Å². The molecule has 0 aliphatic heterocycles. The third kappa shape index (κ3) is 8.14. The number of carboxylic acid groups (broad SMARTS) is 2. The molecular weight excluding hydrogens is 288 g/mol. The zero-order chi connectivity index (χ0) is 15.0. The van der Waals surface area contributed by atoms with Gasteiger partial charge in [-0.25, -0.2) is 0 Å². The first kappa shape index (κ1) is 18.3. The van der Waals surface area contributed by atoms with Crippen LogP contribution in [0.2, 0.25) is 0 Å². The summed E-state index contributed by atoms with van der Waals surface area (Å²) in [7, 11) is 0. The fourth-order valence-electron chi connectivity index (χ4n) is 0.901. The summed E-state index contributed by atoms with van der Waals surface area (Å²) >= 11 is 2.79. The van der Waals surface area contributed by atoms with E-state index in [4.69, 9.17) is 21.7 Å². The van der Waals surface area contributed by atoms with Crippen LogP contribution >= 0.6 is 23.5 Å². The normalized spacial score (nSPS) is 16.7. The largest absolute Gasteiger partial charge is 0.480 e. The summed E-state index contributed by atoms with van der Waals surface area (Å²) in [6, 6.07) is -1.74. The number of thioether (sulfide) groups is 2. The Kier molecular flexibility index (Phi) is 8.90. The Balaban J connectivity index is 4.07. The molecule has 0 aliphatic rings. The van der Waals surface area contributed by atoms with Gasteiger partial charge in [0.25, 0.3) is 0 Å². The summed E-state index contributed by atoms with van der Waals surface area (Å²) in [6.45, 7) is 3.85. The number of hydrogen-bond acceptors (Lipinski definition) is 6. The first-order chi connectivity index (χ1) is 8.75. The van der Waals surface area contributed by atoms with Gasteiger partial charge in [-0.3, -0.25) is 9.59 Å². The van der Waals surface area contributed by atoms with E-state index >= 15 is 0 Å². The lowest BCUT2D eigenvalue weighted by Crippen LogP contribution is -2.33. The van der Waals surface area contributed by atoms with Gasteiger partial charge >= 0.3 is 11.9 Å². The summed E-state index contributed by atoms with van der Waals surface area (Å²) in [5.74, 6) is -1.39. The number of rotatable bonds is 9. The van der Waals surface area contributed by atoms with Gasteiger partial charge in [-0.2, -0.15) is 11.8 Å². The van der Waals surface area contributed by atoms with Gasteiger partial charge in [0.1, 0.15) is 12.1 Å². The van der Waals surface area contributed by atoms with E-state index in [2.05, 4.69) is 0 Å². The van der Waals surface area contributed by atoms with Crippen molar-refractivity contribution in [2.75, 3.05) is 11.5 Å². The average molecular weight is 308 g/mol. The van der Waals surface area contributed by atoms with Crippen molar-refractivity contribution in [1.82, 2.24) is 0 Å². The zero-order valence-electron chi connectivity index (χ0n) is 10.9. The molecule has 6 nitrogen and oxygen atoms in total. The summed E-state index contributed by atoms with van der Waals surface area (Å²) in [5.41, 5.74) is 11.8. The standard InChI is InChI=1S/C11H20N2O4S2/c1-6(3-18-4-8(12)10(14)15)7(2)19-5-9(13)11(16)17/h3,7-9H,4-5,12-13H2,1-2H3,(H,14,15)(H,16,17)/b6-3+/t7?,8-,9-/m0/s1. The molecule has 6 N–H and O–H groups in total. The molecule has 0 radical (unpaired) electrons. The number of carbonyl (C=O) groups is 2. The van der Waals surface area contributed by atoms with E-state index in [0.29, 0.717) is 11.5 Å². The first-order valence-electron chi connectivity index (χ1n) is 5.62. The van der Waals surface area contributed by atoms with Crippen LogP contribution in [0, 0.1) is 0 Å². The van der Waals surface area contributed by atoms with E-state index in [1.807, 2.05) is 19.3 Å². The van der Waals surface area contributed by atoms with E-state index in [1.54, 1.807) is 0 Å². The van der Waals surface area contributed by atoms with Crippen molar-refractivity contribution >= 4 is 35.5 Å². The number of hydrogen-bond donors (Lipinski definition) is 4. The third-order valence-electron chi connectivity index (χ3n) is 2.35. The van der Waals surface area contributed by atoms with Crippen LogP contribution in [0.25, 0.3) is 0 Å². The fourth-order valence-corrected chi connectivity index (χ4v) is 2.87. The van der Waals surface area contributed by atoms with Crippen molar-refractivity contribution in [3.63, 3.8) is 0 Å². The smallest absolute Gasteiger partial charge is 0.321 e. The summed E-state index contributed by atoms with van der Waals surface area (Å²) < 4.78 is 0. The van der Waals surface area contributed by atoms with Gasteiger partial charge in [0.05, 0.1) is 0 Å². The minimum absolute atomic E-state index is 0.124. The van der Waals surface area contributed by atoms with Crippen LogP contribution in [0.1, 0.15) is 13.8 Å². The molecule has 0 saturated carbocycles. The molecule has 0 aromatic rings. The molecule has 0 aliphatic carbocycles. The lowest BCUT2D eigenvalue weighted by molar-refractivity contribution is -0.138. The van der Waals surface area contributed by atoms with Gasteiger partial charge in [-0.15, -0.1) is 11.8 Å². The average Bonchev–Trinajstić information content (AvgIpc) is 2.34. The summed E-state index contributed by atoms with van der Waals surface area (Å²) in [4.78, 5) is 21.1. The van der Waals surface area contributed by atoms with Gasteiger partial charge < -0.3 is 21.7 Å². The van der Waals surface area contributed by atoms with Gasteiger partial charge in [0.2, 0.25) is 0 Å².